The third kappa shape index (κ3) is 7.91. The second-order valence-electron chi connectivity index (χ2n) is 19.1. The van der Waals surface area contributed by atoms with Crippen molar-refractivity contribution in [3.63, 3.8) is 0 Å². The number of furan rings is 1. The van der Waals surface area contributed by atoms with Gasteiger partial charge in [0, 0.05) is 44.7 Å². The molecule has 0 N–H and O–H groups in total. The van der Waals surface area contributed by atoms with Crippen LogP contribution in [0, 0.1) is 24.4 Å². The fourth-order valence-corrected chi connectivity index (χ4v) is 8.39. The van der Waals surface area contributed by atoms with Crippen molar-refractivity contribution in [1.82, 2.24) is 9.97 Å². The van der Waals surface area contributed by atoms with Gasteiger partial charge < -0.3 is 14.4 Å². The largest absolute Gasteiger partial charge is 0.501 e. The summed E-state index contributed by atoms with van der Waals surface area (Å²) >= 11 is 0. The third-order valence-corrected chi connectivity index (χ3v) is 11.6. The van der Waals surface area contributed by atoms with Crippen LogP contribution in [0.2, 0.25) is 0 Å². The summed E-state index contributed by atoms with van der Waals surface area (Å²) in [5, 5.41) is 6.66. The number of rotatable bonds is 3. The average Bonchev–Trinajstić information content (AvgIpc) is 3.58. The second-order valence-corrected chi connectivity index (χ2v) is 19.1. The van der Waals surface area contributed by atoms with Crippen LogP contribution < -0.4 is 0 Å². The summed E-state index contributed by atoms with van der Waals surface area (Å²) in [6.45, 7) is 18.8. The number of hydrogen-bond acceptors (Lipinski definition) is 3. The van der Waals surface area contributed by atoms with E-state index in [1.807, 2.05) is 42.6 Å². The maximum Gasteiger partial charge on any atom is 0.121 e. The Hall–Kier alpha value is -4.63. The first-order valence-electron chi connectivity index (χ1n) is 22.6. The minimum Gasteiger partial charge on any atom is -0.501 e. The quantitative estimate of drug-likeness (QED) is 0.131. The van der Waals surface area contributed by atoms with Gasteiger partial charge >= 0.3 is 0 Å². The molecule has 299 valence electrons. The molecule has 4 heteroatoms. The molecule has 8 aromatic rings. The fraction of sp³-hybridized carbons (Fsp3) is 0.333. The van der Waals surface area contributed by atoms with Crippen molar-refractivity contribution in [2.24, 2.45) is 5.41 Å². The number of aryl methyl sites for hydroxylation is 1. The summed E-state index contributed by atoms with van der Waals surface area (Å²) in [6.07, 6.45) is 3.63. The van der Waals surface area contributed by atoms with Gasteiger partial charge in [0.15, 0.2) is 0 Å². The van der Waals surface area contributed by atoms with Gasteiger partial charge in [0.1, 0.15) is 5.58 Å². The first-order chi connectivity index (χ1) is 28.9. The normalized spacial score (nSPS) is 16.6. The number of benzene rings is 5. The Morgan fingerprint density at radius 1 is 0.724 bits per heavy atom. The van der Waals surface area contributed by atoms with Crippen LogP contribution in [0.5, 0.6) is 0 Å². The predicted octanol–water partition coefficient (Wildman–Crippen LogP) is 14.8. The first kappa shape index (κ1) is 35.3. The Morgan fingerprint density at radius 3 is 2.17 bits per heavy atom. The van der Waals surface area contributed by atoms with E-state index in [1.54, 1.807) is 26.8 Å². The van der Waals surface area contributed by atoms with Gasteiger partial charge in [-0.15, -0.1) is 54.1 Å². The summed E-state index contributed by atoms with van der Waals surface area (Å²) in [5.74, 6) is 0. The summed E-state index contributed by atoms with van der Waals surface area (Å²) in [6, 6.07) is 37.4. The minimum absolute atomic E-state index is 0. The topological polar surface area (TPSA) is 38.9 Å². The van der Waals surface area contributed by atoms with E-state index in [0.29, 0.717) is 16.8 Å². The zero-order valence-electron chi connectivity index (χ0n) is 40.4. The zero-order chi connectivity index (χ0) is 44.8. The third-order valence-electron chi connectivity index (χ3n) is 11.6. The molecule has 1 aliphatic carbocycles. The number of nitrogens with zero attached hydrogens (tertiary/aromatic N) is 2. The molecule has 0 fully saturated rings. The maximum absolute atomic E-state index is 8.96. The Labute approximate surface area is 366 Å². The van der Waals surface area contributed by atoms with Crippen LogP contribution in [0.15, 0.2) is 108 Å². The molecule has 1 aliphatic rings. The van der Waals surface area contributed by atoms with E-state index in [0.717, 1.165) is 44.8 Å². The molecule has 0 bridgehead atoms. The summed E-state index contributed by atoms with van der Waals surface area (Å²) < 4.78 is 48.8. The molecule has 3 aromatic heterocycles. The molecule has 0 amide bonds. The van der Waals surface area contributed by atoms with Crippen molar-refractivity contribution in [3.8, 4) is 22.5 Å². The van der Waals surface area contributed by atoms with Crippen LogP contribution in [0.1, 0.15) is 117 Å². The van der Waals surface area contributed by atoms with Crippen molar-refractivity contribution >= 4 is 43.5 Å². The van der Waals surface area contributed by atoms with Crippen molar-refractivity contribution in [1.29, 1.82) is 0 Å². The van der Waals surface area contributed by atoms with E-state index in [9.17, 15) is 0 Å². The van der Waals surface area contributed by atoms with E-state index in [-0.39, 0.29) is 47.5 Å². The Morgan fingerprint density at radius 2 is 1.48 bits per heavy atom. The van der Waals surface area contributed by atoms with Crippen molar-refractivity contribution in [2.45, 2.75) is 112 Å². The van der Waals surface area contributed by atoms with Crippen LogP contribution in [-0.4, -0.2) is 9.97 Å². The molecule has 0 atom stereocenters. The van der Waals surface area contributed by atoms with Gasteiger partial charge in [0.25, 0.3) is 0 Å². The fourth-order valence-electron chi connectivity index (χ4n) is 8.39. The number of pyridine rings is 2. The molecule has 5 aromatic carbocycles. The van der Waals surface area contributed by atoms with Gasteiger partial charge in [-0.25, -0.2) is 0 Å². The summed E-state index contributed by atoms with van der Waals surface area (Å²) in [7, 11) is 0. The molecule has 0 unspecified atom stereocenters. The molecular weight excluding hydrogens is 885 g/mol. The smallest absolute Gasteiger partial charge is 0.121 e. The van der Waals surface area contributed by atoms with Crippen molar-refractivity contribution < 1.29 is 31.4 Å². The van der Waals surface area contributed by atoms with Crippen molar-refractivity contribution in [2.75, 3.05) is 0 Å². The first-order valence-corrected chi connectivity index (χ1v) is 20.1. The average molecular weight is 946 g/mol. The molecule has 0 saturated carbocycles. The number of hydrogen-bond donors (Lipinski definition) is 0. The Bertz CT molecular complexity index is 2990. The molecule has 3 nitrogen and oxygen atoms in total. The maximum atomic E-state index is 8.96. The number of aromatic nitrogens is 2. The molecule has 0 aliphatic heterocycles. The van der Waals surface area contributed by atoms with Crippen LogP contribution in [0.25, 0.3) is 66.0 Å². The Balaban J connectivity index is 0.000000295. The van der Waals surface area contributed by atoms with E-state index in [4.69, 9.17) is 11.3 Å². The summed E-state index contributed by atoms with van der Waals surface area (Å²) in [4.78, 5) is 9.02. The van der Waals surface area contributed by atoms with Gasteiger partial charge in [-0.05, 0) is 115 Å². The monoisotopic (exact) mass is 946 g/mol. The molecule has 0 spiro atoms. The van der Waals surface area contributed by atoms with Gasteiger partial charge in [-0.1, -0.05) is 128 Å². The summed E-state index contributed by atoms with van der Waals surface area (Å²) in [5.41, 5.74) is 8.04. The van der Waals surface area contributed by atoms with Gasteiger partial charge in [0.2, 0.25) is 0 Å². The van der Waals surface area contributed by atoms with Gasteiger partial charge in [-0.2, -0.15) is 0 Å². The predicted molar refractivity (Wildman–Crippen MR) is 241 cm³/mol. The van der Waals surface area contributed by atoms with E-state index >= 15 is 0 Å². The molecule has 0 saturated heterocycles. The standard InChI is InChI=1S/C39H40NO.C15H16N.Ir/c1-23-22-40-33(19-25(23)21-37(2,3)4)29-11-9-10-28-31-18-24-12-13-27-26(30(24)20-34(31)41-36(28)29)14-15-32-35(27)39(7,8)17-16-38(32,5)6;1-15(2,3)13-9-10-14(16-11-13)12-7-5-4-6-8-12;/h9-10,12-15,18-20,22H,16-17,21H2,1-8H3;4-7,9-11H,1-3H3;/q2*-1;/i1D3,21D2;;. The van der Waals surface area contributed by atoms with E-state index in [2.05, 4.69) is 119 Å². The van der Waals surface area contributed by atoms with Crippen molar-refractivity contribution in [3.05, 3.63) is 143 Å². The number of fused-ring (bicyclic) bond motifs is 8. The SMILES string of the molecule is CC(C)(C)c1ccc(-c2[c-]cccc2)nc1.[2H]C([2H])([2H])c1cnc(-c2[c-]ccc3c2oc2cc4c(ccc5c6c(ccc54)C(C)(C)CCC6(C)C)cc23)cc1C([2H])([2H])C(C)(C)C.[Ir]. The van der Waals surface area contributed by atoms with Crippen LogP contribution in [0.4, 0.5) is 0 Å². The molecule has 58 heavy (non-hydrogen) atoms. The van der Waals surface area contributed by atoms with Crippen LogP contribution in [0.3, 0.4) is 0 Å². The van der Waals surface area contributed by atoms with Crippen LogP contribution >= 0.6 is 0 Å². The molecule has 3 heterocycles. The van der Waals surface area contributed by atoms with Gasteiger partial charge in [-0.3, -0.25) is 0 Å². The van der Waals surface area contributed by atoms with E-state index in [1.165, 1.54) is 40.1 Å². The molecule has 1 radical (unpaired) electrons. The Kier molecular flexibility index (Phi) is 9.25. The van der Waals surface area contributed by atoms with E-state index < -0.39 is 18.6 Å². The molecule has 9 rings (SSSR count). The van der Waals surface area contributed by atoms with Gasteiger partial charge in [0.05, 0.1) is 5.58 Å². The van der Waals surface area contributed by atoms with Crippen LogP contribution in [-0.2, 0) is 42.7 Å². The zero-order valence-corrected chi connectivity index (χ0v) is 37.8. The minimum atomic E-state index is -2.51. The molecular formula is C54H56IrN2O-2. The second kappa shape index (κ2) is 15.2.